The summed E-state index contributed by atoms with van der Waals surface area (Å²) in [6.45, 7) is 0. The number of esters is 1. The maximum Gasteiger partial charge on any atom is 0.354 e. The number of aliphatic carboxylic acids is 1. The van der Waals surface area contributed by atoms with Gasteiger partial charge in [-0.1, -0.05) is 0 Å². The van der Waals surface area contributed by atoms with Crippen molar-refractivity contribution in [3.8, 4) is 0 Å². The van der Waals surface area contributed by atoms with Crippen LogP contribution in [0.2, 0.25) is 0 Å². The van der Waals surface area contributed by atoms with Gasteiger partial charge in [0.05, 0.1) is 7.11 Å². The zero-order chi connectivity index (χ0) is 11.4. The van der Waals surface area contributed by atoms with Crippen molar-refractivity contribution < 1.29 is 19.4 Å². The number of nitrogens with zero attached hydrogens (tertiary/aromatic N) is 1. The highest BCUT2D eigenvalue weighted by atomic mass is 16.5. The van der Waals surface area contributed by atoms with Gasteiger partial charge in [0.2, 0.25) is 0 Å². The van der Waals surface area contributed by atoms with Crippen molar-refractivity contribution in [2.45, 2.75) is 0 Å². The molecule has 5 nitrogen and oxygen atoms in total. The SMILES string of the molecule is COC(=O)c1cc(/C=C/C(=O)O)cn1C. The Balaban J connectivity index is 2.95. The minimum absolute atomic E-state index is 0.377. The molecule has 15 heavy (non-hydrogen) atoms. The zero-order valence-electron chi connectivity index (χ0n) is 8.43. The molecule has 0 unspecified atom stereocenters. The summed E-state index contributed by atoms with van der Waals surface area (Å²) in [5, 5.41) is 8.42. The molecule has 0 aliphatic heterocycles. The minimum Gasteiger partial charge on any atom is -0.478 e. The lowest BCUT2D eigenvalue weighted by Crippen LogP contribution is -2.06. The highest BCUT2D eigenvalue weighted by Crippen LogP contribution is 2.10. The van der Waals surface area contributed by atoms with E-state index < -0.39 is 11.9 Å². The number of carboxylic acid groups (broad SMARTS) is 1. The third-order valence-electron chi connectivity index (χ3n) is 1.84. The normalized spacial score (nSPS) is 10.5. The van der Waals surface area contributed by atoms with Crippen molar-refractivity contribution in [1.82, 2.24) is 4.57 Å². The minimum atomic E-state index is -1.03. The van der Waals surface area contributed by atoms with E-state index >= 15 is 0 Å². The number of ether oxygens (including phenoxy) is 1. The maximum atomic E-state index is 11.2. The Bertz CT molecular complexity index is 417. The van der Waals surface area contributed by atoms with Crippen molar-refractivity contribution in [3.05, 3.63) is 29.6 Å². The molecule has 1 heterocycles. The number of carbonyl (C=O) groups is 2. The van der Waals surface area contributed by atoms with Gasteiger partial charge in [-0.15, -0.1) is 0 Å². The van der Waals surface area contributed by atoms with Gasteiger partial charge in [-0.2, -0.15) is 0 Å². The van der Waals surface area contributed by atoms with Gasteiger partial charge in [0, 0.05) is 19.3 Å². The second-order valence-electron chi connectivity index (χ2n) is 2.93. The fourth-order valence-corrected chi connectivity index (χ4v) is 1.16. The summed E-state index contributed by atoms with van der Waals surface area (Å²) >= 11 is 0. The Morgan fingerprint density at radius 1 is 1.53 bits per heavy atom. The van der Waals surface area contributed by atoms with Crippen LogP contribution in [-0.2, 0) is 16.6 Å². The fourth-order valence-electron chi connectivity index (χ4n) is 1.16. The summed E-state index contributed by atoms with van der Waals surface area (Å²) in [6.07, 6.45) is 4.07. The number of methoxy groups -OCH3 is 1. The van der Waals surface area contributed by atoms with Gasteiger partial charge in [0.1, 0.15) is 5.69 Å². The smallest absolute Gasteiger partial charge is 0.354 e. The summed E-state index contributed by atoms with van der Waals surface area (Å²) in [4.78, 5) is 21.5. The molecule has 0 spiro atoms. The van der Waals surface area contributed by atoms with E-state index in [1.54, 1.807) is 23.9 Å². The van der Waals surface area contributed by atoms with E-state index in [0.29, 0.717) is 11.3 Å². The van der Waals surface area contributed by atoms with Crippen LogP contribution in [0.25, 0.3) is 6.08 Å². The highest BCUT2D eigenvalue weighted by Gasteiger charge is 2.10. The maximum absolute atomic E-state index is 11.2. The van der Waals surface area contributed by atoms with Crippen LogP contribution in [-0.4, -0.2) is 28.7 Å². The van der Waals surface area contributed by atoms with E-state index in [1.165, 1.54) is 13.2 Å². The van der Waals surface area contributed by atoms with Gasteiger partial charge in [0.15, 0.2) is 0 Å². The topological polar surface area (TPSA) is 68.5 Å². The number of carboxylic acids is 1. The molecular formula is C10H11NO4. The van der Waals surface area contributed by atoms with E-state index in [9.17, 15) is 9.59 Å². The lowest BCUT2D eigenvalue weighted by molar-refractivity contribution is -0.131. The van der Waals surface area contributed by atoms with Crippen LogP contribution in [0.3, 0.4) is 0 Å². The van der Waals surface area contributed by atoms with Crippen molar-refractivity contribution in [2.75, 3.05) is 7.11 Å². The van der Waals surface area contributed by atoms with Gasteiger partial charge in [-0.25, -0.2) is 9.59 Å². The number of hydrogen-bond acceptors (Lipinski definition) is 3. The van der Waals surface area contributed by atoms with Crippen LogP contribution in [0.4, 0.5) is 0 Å². The van der Waals surface area contributed by atoms with E-state index in [4.69, 9.17) is 5.11 Å². The number of aryl methyl sites for hydroxylation is 1. The quantitative estimate of drug-likeness (QED) is 0.593. The van der Waals surface area contributed by atoms with Crippen molar-refractivity contribution in [2.24, 2.45) is 7.05 Å². The summed E-state index contributed by atoms with van der Waals surface area (Å²) in [7, 11) is 2.98. The lowest BCUT2D eigenvalue weighted by atomic mass is 10.3. The molecular weight excluding hydrogens is 198 g/mol. The van der Waals surface area contributed by atoms with Crippen molar-refractivity contribution in [1.29, 1.82) is 0 Å². The summed E-state index contributed by atoms with van der Waals surface area (Å²) in [5.74, 6) is -1.48. The molecule has 1 aromatic heterocycles. The molecule has 0 amide bonds. The van der Waals surface area contributed by atoms with E-state index in [1.807, 2.05) is 0 Å². The first-order valence-electron chi connectivity index (χ1n) is 4.20. The average molecular weight is 209 g/mol. The first kappa shape index (κ1) is 11.0. The molecule has 0 aliphatic carbocycles. The standard InChI is InChI=1S/C10H11NO4/c1-11-6-7(3-4-9(12)13)5-8(11)10(14)15-2/h3-6H,1-2H3,(H,12,13)/b4-3+. The number of rotatable bonds is 3. The second-order valence-corrected chi connectivity index (χ2v) is 2.93. The van der Waals surface area contributed by atoms with E-state index in [0.717, 1.165) is 6.08 Å². The molecule has 1 aromatic rings. The molecule has 5 heteroatoms. The molecule has 0 bridgehead atoms. The zero-order valence-corrected chi connectivity index (χ0v) is 8.43. The highest BCUT2D eigenvalue weighted by molar-refractivity contribution is 5.90. The van der Waals surface area contributed by atoms with E-state index in [2.05, 4.69) is 4.74 Å². The van der Waals surface area contributed by atoms with Gasteiger partial charge >= 0.3 is 11.9 Å². The first-order chi connectivity index (χ1) is 7.04. The monoisotopic (exact) mass is 209 g/mol. The number of hydrogen-bond donors (Lipinski definition) is 1. The van der Waals surface area contributed by atoms with Crippen LogP contribution in [0.1, 0.15) is 16.1 Å². The number of aromatic nitrogens is 1. The molecule has 80 valence electrons. The largest absolute Gasteiger partial charge is 0.478 e. The Hall–Kier alpha value is -2.04. The predicted molar refractivity (Wildman–Crippen MR) is 53.4 cm³/mol. The first-order valence-corrected chi connectivity index (χ1v) is 4.20. The second kappa shape index (κ2) is 4.45. The van der Waals surface area contributed by atoms with Crippen molar-refractivity contribution in [3.63, 3.8) is 0 Å². The lowest BCUT2D eigenvalue weighted by Gasteiger charge is -1.98. The molecule has 0 saturated heterocycles. The van der Waals surface area contributed by atoms with Crippen LogP contribution in [0, 0.1) is 0 Å². The average Bonchev–Trinajstić information content (AvgIpc) is 2.55. The molecule has 0 radical (unpaired) electrons. The summed E-state index contributed by atoms with van der Waals surface area (Å²) < 4.78 is 6.13. The molecule has 1 N–H and O–H groups in total. The summed E-state index contributed by atoms with van der Waals surface area (Å²) in [6, 6.07) is 1.56. The molecule has 0 saturated carbocycles. The molecule has 1 rings (SSSR count). The Morgan fingerprint density at radius 2 is 2.20 bits per heavy atom. The molecule has 0 aliphatic rings. The van der Waals surface area contributed by atoms with Crippen LogP contribution in [0.15, 0.2) is 18.3 Å². The molecule has 0 aromatic carbocycles. The fraction of sp³-hybridized carbons (Fsp3) is 0.200. The van der Waals surface area contributed by atoms with Crippen LogP contribution >= 0.6 is 0 Å². The van der Waals surface area contributed by atoms with Crippen molar-refractivity contribution >= 4 is 18.0 Å². The Morgan fingerprint density at radius 3 is 2.73 bits per heavy atom. The third kappa shape index (κ3) is 2.70. The Labute approximate surface area is 86.6 Å². The van der Waals surface area contributed by atoms with Crippen LogP contribution in [0.5, 0.6) is 0 Å². The van der Waals surface area contributed by atoms with Crippen LogP contribution < -0.4 is 0 Å². The van der Waals surface area contributed by atoms with Gasteiger partial charge < -0.3 is 14.4 Å². The Kier molecular flexibility index (Phi) is 3.28. The predicted octanol–water partition coefficient (Wildman–Crippen LogP) is 0.909. The van der Waals surface area contributed by atoms with E-state index in [-0.39, 0.29) is 0 Å². The number of carbonyl (C=O) groups excluding carboxylic acids is 1. The van der Waals surface area contributed by atoms with Gasteiger partial charge in [0.25, 0.3) is 0 Å². The van der Waals surface area contributed by atoms with Gasteiger partial charge in [-0.05, 0) is 17.7 Å². The summed E-state index contributed by atoms with van der Waals surface area (Å²) in [5.41, 5.74) is 1.02. The molecule has 0 fully saturated rings. The molecule has 0 atom stereocenters. The third-order valence-corrected chi connectivity index (χ3v) is 1.84. The van der Waals surface area contributed by atoms with Gasteiger partial charge in [-0.3, -0.25) is 0 Å².